The van der Waals surface area contributed by atoms with Gasteiger partial charge in [0.25, 0.3) is 0 Å². The molecule has 0 atom stereocenters. The average Bonchev–Trinajstić information content (AvgIpc) is 2.70. The Morgan fingerprint density at radius 2 is 2.00 bits per heavy atom. The second-order valence-corrected chi connectivity index (χ2v) is 2.84. The highest BCUT2D eigenvalue weighted by atomic mass is 19.1. The molecule has 0 radical (unpaired) electrons. The number of aromatic carboxylic acids is 1. The second kappa shape index (κ2) is 3.49. The molecule has 0 amide bonds. The third-order valence-electron chi connectivity index (χ3n) is 1.89. The minimum atomic E-state index is -1.16. The summed E-state index contributed by atoms with van der Waals surface area (Å²) in [7, 11) is 0. The smallest absolute Gasteiger partial charge is 0.335 e. The molecule has 1 aromatic heterocycles. The molecule has 1 aromatic carbocycles. The first-order valence-corrected chi connectivity index (χ1v) is 4.06. The molecule has 15 heavy (non-hydrogen) atoms. The van der Waals surface area contributed by atoms with Crippen molar-refractivity contribution in [2.45, 2.75) is 0 Å². The lowest BCUT2D eigenvalue weighted by molar-refractivity contribution is 0.0696. The van der Waals surface area contributed by atoms with Crippen molar-refractivity contribution in [3.8, 4) is 5.69 Å². The summed E-state index contributed by atoms with van der Waals surface area (Å²) in [6.07, 6.45) is 2.66. The molecule has 0 fully saturated rings. The SMILES string of the molecule is O=C(O)c1ccc(-n2cnnc2)c(F)c1. The number of nitrogens with zero attached hydrogens (tertiary/aromatic N) is 3. The predicted molar refractivity (Wildman–Crippen MR) is 48.3 cm³/mol. The Morgan fingerprint density at radius 3 is 2.53 bits per heavy atom. The Hall–Kier alpha value is -2.24. The van der Waals surface area contributed by atoms with Gasteiger partial charge in [-0.1, -0.05) is 0 Å². The van der Waals surface area contributed by atoms with Gasteiger partial charge in [-0.05, 0) is 18.2 Å². The molecule has 0 saturated heterocycles. The summed E-state index contributed by atoms with van der Waals surface area (Å²) < 4.78 is 14.8. The van der Waals surface area contributed by atoms with E-state index in [0.717, 1.165) is 6.07 Å². The number of carboxylic acid groups (broad SMARTS) is 1. The predicted octanol–water partition coefficient (Wildman–Crippen LogP) is 1.10. The molecule has 0 aliphatic heterocycles. The highest BCUT2D eigenvalue weighted by molar-refractivity contribution is 5.87. The number of aromatic nitrogens is 3. The van der Waals surface area contributed by atoms with Crippen molar-refractivity contribution in [2.24, 2.45) is 0 Å². The van der Waals surface area contributed by atoms with Gasteiger partial charge in [-0.15, -0.1) is 10.2 Å². The van der Waals surface area contributed by atoms with Crippen LogP contribution in [-0.4, -0.2) is 25.8 Å². The molecule has 2 rings (SSSR count). The number of hydrogen-bond acceptors (Lipinski definition) is 3. The molecule has 0 aliphatic rings. The van der Waals surface area contributed by atoms with Gasteiger partial charge in [-0.2, -0.15) is 0 Å². The maximum atomic E-state index is 13.4. The molecule has 5 nitrogen and oxygen atoms in total. The average molecular weight is 207 g/mol. The third-order valence-corrected chi connectivity index (χ3v) is 1.89. The largest absolute Gasteiger partial charge is 0.478 e. The van der Waals surface area contributed by atoms with Crippen LogP contribution >= 0.6 is 0 Å². The van der Waals surface area contributed by atoms with E-state index in [4.69, 9.17) is 5.11 Å². The van der Waals surface area contributed by atoms with Crippen LogP contribution in [0.4, 0.5) is 4.39 Å². The van der Waals surface area contributed by atoms with Crippen LogP contribution in [-0.2, 0) is 0 Å². The van der Waals surface area contributed by atoms with Gasteiger partial charge < -0.3 is 5.11 Å². The second-order valence-electron chi connectivity index (χ2n) is 2.84. The van der Waals surface area contributed by atoms with Crippen molar-refractivity contribution >= 4 is 5.97 Å². The number of halogens is 1. The summed E-state index contributed by atoms with van der Waals surface area (Å²) in [5.41, 5.74) is 0.120. The Kier molecular flexibility index (Phi) is 2.17. The molecule has 0 unspecified atom stereocenters. The molecular weight excluding hydrogens is 201 g/mol. The minimum Gasteiger partial charge on any atom is -0.478 e. The lowest BCUT2D eigenvalue weighted by atomic mass is 10.2. The van der Waals surface area contributed by atoms with Gasteiger partial charge in [0.1, 0.15) is 18.5 Å². The lowest BCUT2D eigenvalue weighted by Crippen LogP contribution is -2.00. The van der Waals surface area contributed by atoms with Crippen LogP contribution < -0.4 is 0 Å². The monoisotopic (exact) mass is 207 g/mol. The summed E-state index contributed by atoms with van der Waals surface area (Å²) in [6.45, 7) is 0. The summed E-state index contributed by atoms with van der Waals surface area (Å²) in [5.74, 6) is -1.79. The third kappa shape index (κ3) is 1.69. The number of rotatable bonds is 2. The normalized spacial score (nSPS) is 10.2. The van der Waals surface area contributed by atoms with E-state index in [1.54, 1.807) is 0 Å². The highest BCUT2D eigenvalue weighted by Crippen LogP contribution is 2.14. The number of carboxylic acids is 1. The van der Waals surface area contributed by atoms with Crippen molar-refractivity contribution in [2.75, 3.05) is 0 Å². The molecule has 0 saturated carbocycles. The van der Waals surface area contributed by atoms with Gasteiger partial charge >= 0.3 is 5.97 Å². The zero-order valence-electron chi connectivity index (χ0n) is 7.46. The van der Waals surface area contributed by atoms with Crippen molar-refractivity contribution < 1.29 is 14.3 Å². The maximum Gasteiger partial charge on any atom is 0.335 e. The first-order chi connectivity index (χ1) is 7.18. The van der Waals surface area contributed by atoms with Gasteiger partial charge in [0, 0.05) is 0 Å². The van der Waals surface area contributed by atoms with Crippen molar-refractivity contribution in [1.82, 2.24) is 14.8 Å². The summed E-state index contributed by atoms with van der Waals surface area (Å²) >= 11 is 0. The molecular formula is C9H6FN3O2. The first-order valence-electron chi connectivity index (χ1n) is 4.06. The van der Waals surface area contributed by atoms with Crippen LogP contribution in [0.2, 0.25) is 0 Å². The van der Waals surface area contributed by atoms with Crippen LogP contribution in [0.3, 0.4) is 0 Å². The van der Waals surface area contributed by atoms with Crippen LogP contribution in [0.5, 0.6) is 0 Å². The van der Waals surface area contributed by atoms with Gasteiger partial charge in [0.05, 0.1) is 11.3 Å². The standard InChI is InChI=1S/C9H6FN3O2/c10-7-3-6(9(14)15)1-2-8(7)13-4-11-12-5-13/h1-5H,(H,14,15). The number of hydrogen-bond donors (Lipinski definition) is 1. The fourth-order valence-electron chi connectivity index (χ4n) is 1.17. The highest BCUT2D eigenvalue weighted by Gasteiger charge is 2.09. The summed E-state index contributed by atoms with van der Waals surface area (Å²) in [4.78, 5) is 10.6. The van der Waals surface area contributed by atoms with E-state index < -0.39 is 11.8 Å². The Balaban J connectivity index is 2.48. The molecule has 0 spiro atoms. The van der Waals surface area contributed by atoms with Gasteiger partial charge in [0.15, 0.2) is 0 Å². The van der Waals surface area contributed by atoms with Crippen LogP contribution in [0.1, 0.15) is 10.4 Å². The molecule has 0 aliphatic carbocycles. The molecule has 6 heteroatoms. The van der Waals surface area contributed by atoms with E-state index in [0.29, 0.717) is 0 Å². The summed E-state index contributed by atoms with van der Waals surface area (Å²) in [6, 6.07) is 3.64. The zero-order chi connectivity index (χ0) is 10.8. The molecule has 1 heterocycles. The van der Waals surface area contributed by atoms with Gasteiger partial charge in [-0.25, -0.2) is 9.18 Å². The molecule has 2 aromatic rings. The van der Waals surface area contributed by atoms with Crippen molar-refractivity contribution in [3.05, 3.63) is 42.2 Å². The zero-order valence-corrected chi connectivity index (χ0v) is 7.46. The van der Waals surface area contributed by atoms with E-state index >= 15 is 0 Å². The minimum absolute atomic E-state index is 0.0932. The Morgan fingerprint density at radius 1 is 1.33 bits per heavy atom. The number of benzene rings is 1. The molecule has 76 valence electrons. The van der Waals surface area contributed by atoms with Crippen LogP contribution in [0, 0.1) is 5.82 Å². The summed E-state index contributed by atoms with van der Waals surface area (Å²) in [5, 5.41) is 15.7. The quantitative estimate of drug-likeness (QED) is 0.800. The molecule has 1 N–H and O–H groups in total. The van der Waals surface area contributed by atoms with E-state index in [1.807, 2.05) is 0 Å². The lowest BCUT2D eigenvalue weighted by Gasteiger charge is -2.03. The van der Waals surface area contributed by atoms with Crippen molar-refractivity contribution in [3.63, 3.8) is 0 Å². The number of carbonyl (C=O) groups is 1. The van der Waals surface area contributed by atoms with Crippen LogP contribution in [0.25, 0.3) is 5.69 Å². The molecule has 0 bridgehead atoms. The first kappa shape index (κ1) is 9.32. The van der Waals surface area contributed by atoms with Crippen molar-refractivity contribution in [1.29, 1.82) is 0 Å². The Labute approximate surface area is 83.8 Å². The van der Waals surface area contributed by atoms with Gasteiger partial charge in [-0.3, -0.25) is 4.57 Å². The van der Waals surface area contributed by atoms with E-state index in [2.05, 4.69) is 10.2 Å². The van der Waals surface area contributed by atoms with E-state index in [9.17, 15) is 9.18 Å². The van der Waals surface area contributed by atoms with E-state index in [1.165, 1.54) is 29.4 Å². The van der Waals surface area contributed by atoms with Gasteiger partial charge in [0.2, 0.25) is 0 Å². The fraction of sp³-hybridized carbons (Fsp3) is 0. The van der Waals surface area contributed by atoms with E-state index in [-0.39, 0.29) is 11.3 Å². The fourth-order valence-corrected chi connectivity index (χ4v) is 1.17. The Bertz CT molecular complexity index is 496. The van der Waals surface area contributed by atoms with Crippen LogP contribution in [0.15, 0.2) is 30.9 Å². The topological polar surface area (TPSA) is 68.0 Å². The maximum absolute atomic E-state index is 13.4.